The number of benzene rings is 2. The second-order valence-corrected chi connectivity index (χ2v) is 13.6. The van der Waals surface area contributed by atoms with E-state index < -0.39 is 32.5 Å². The minimum absolute atomic E-state index is 0.0296. The maximum Gasteiger partial charge on any atom is 0.416 e. The Morgan fingerprint density at radius 2 is 1.86 bits per heavy atom. The minimum Gasteiger partial charge on any atom is -0.370 e. The van der Waals surface area contributed by atoms with E-state index in [-0.39, 0.29) is 11.4 Å². The molecule has 5 rings (SSSR count). The average Bonchev–Trinajstić information content (AvgIpc) is 3.00. The maximum atomic E-state index is 15.4. The van der Waals surface area contributed by atoms with Crippen LogP contribution < -0.4 is 9.62 Å². The fourth-order valence-electron chi connectivity index (χ4n) is 6.50. The Labute approximate surface area is 256 Å². The van der Waals surface area contributed by atoms with Gasteiger partial charge >= 0.3 is 6.18 Å². The largest absolute Gasteiger partial charge is 0.416 e. The third-order valence-electron chi connectivity index (χ3n) is 9.06. The second-order valence-electron chi connectivity index (χ2n) is 11.9. The van der Waals surface area contributed by atoms with Gasteiger partial charge in [-0.3, -0.25) is 9.62 Å². The summed E-state index contributed by atoms with van der Waals surface area (Å²) < 4.78 is 83.8. The van der Waals surface area contributed by atoms with Gasteiger partial charge in [0, 0.05) is 36.6 Å². The molecule has 0 aliphatic carbocycles. The molecular weight excluding hydrogens is 596 g/mol. The summed E-state index contributed by atoms with van der Waals surface area (Å²) in [7, 11) is -0.0138. The van der Waals surface area contributed by atoms with Gasteiger partial charge in [0.05, 0.1) is 5.56 Å². The number of hydrogen-bond donors (Lipinski definition) is 1. The number of piperidine rings is 2. The predicted octanol–water partition coefficient (Wildman–Crippen LogP) is 5.43. The van der Waals surface area contributed by atoms with Crippen molar-refractivity contribution in [2.75, 3.05) is 49.9 Å². The Hall–Kier alpha value is -3.29. The standard InChI is InChI=1S/C31H38F4N6O2S/c1-39-17-11-25(12-18-39)40(2)30(14-9-23-5-3-6-24(19-23)31(33,34)35)13-4-16-41(21-30)26-7-8-28(27(32)20-26)44(42,43)38-29-10-15-36-22-37-29/h3,5-8,10,15,19-20,22,25H,4,9,11-14,16-18,21H2,1-2H3,(H,36,37,38)/t30-/m0/s1. The summed E-state index contributed by atoms with van der Waals surface area (Å²) >= 11 is 0. The van der Waals surface area contributed by atoms with E-state index in [4.69, 9.17) is 0 Å². The van der Waals surface area contributed by atoms with Crippen molar-refractivity contribution in [3.8, 4) is 0 Å². The zero-order valence-electron chi connectivity index (χ0n) is 24.9. The lowest BCUT2D eigenvalue weighted by molar-refractivity contribution is -0.137. The molecule has 13 heteroatoms. The van der Waals surface area contributed by atoms with Gasteiger partial charge in [-0.25, -0.2) is 22.8 Å². The van der Waals surface area contributed by atoms with Crippen LogP contribution in [0.2, 0.25) is 0 Å². The lowest BCUT2D eigenvalue weighted by Gasteiger charge is -2.53. The highest BCUT2D eigenvalue weighted by molar-refractivity contribution is 7.92. The number of likely N-dealkylation sites (N-methyl/N-ethyl adjacent to an activating group) is 1. The van der Waals surface area contributed by atoms with Crippen molar-refractivity contribution >= 4 is 21.5 Å². The number of alkyl halides is 3. The molecule has 238 valence electrons. The predicted molar refractivity (Wildman–Crippen MR) is 161 cm³/mol. The first-order valence-electron chi connectivity index (χ1n) is 14.8. The van der Waals surface area contributed by atoms with Crippen LogP contribution in [0.1, 0.15) is 43.2 Å². The molecule has 1 aromatic heterocycles. The summed E-state index contributed by atoms with van der Waals surface area (Å²) in [5.74, 6) is -0.852. The fraction of sp³-hybridized carbons (Fsp3) is 0.484. The molecule has 0 spiro atoms. The van der Waals surface area contributed by atoms with Crippen molar-refractivity contribution in [2.24, 2.45) is 0 Å². The van der Waals surface area contributed by atoms with Gasteiger partial charge in [-0.05, 0) is 102 Å². The third-order valence-corrected chi connectivity index (χ3v) is 10.5. The Morgan fingerprint density at radius 1 is 1.09 bits per heavy atom. The third kappa shape index (κ3) is 7.32. The molecule has 2 fully saturated rings. The van der Waals surface area contributed by atoms with Gasteiger partial charge in [0.1, 0.15) is 22.9 Å². The number of aryl methyl sites for hydroxylation is 1. The van der Waals surface area contributed by atoms with Gasteiger partial charge in [0.25, 0.3) is 10.0 Å². The zero-order valence-corrected chi connectivity index (χ0v) is 25.7. The second kappa shape index (κ2) is 13.0. The number of hydrogen-bond acceptors (Lipinski definition) is 7. The van der Waals surface area contributed by atoms with Gasteiger partial charge in [0.15, 0.2) is 0 Å². The normalized spacial score (nSPS) is 20.7. The highest BCUT2D eigenvalue weighted by Crippen LogP contribution is 2.38. The van der Waals surface area contributed by atoms with E-state index in [1.165, 1.54) is 42.9 Å². The van der Waals surface area contributed by atoms with Crippen molar-refractivity contribution < 1.29 is 26.0 Å². The average molecular weight is 635 g/mol. The van der Waals surface area contributed by atoms with Crippen LogP contribution in [-0.2, 0) is 22.6 Å². The van der Waals surface area contributed by atoms with E-state index in [1.54, 1.807) is 12.1 Å². The molecule has 1 atom stereocenters. The smallest absolute Gasteiger partial charge is 0.370 e. The van der Waals surface area contributed by atoms with Crippen LogP contribution in [0.15, 0.2) is 66.0 Å². The number of sulfonamides is 1. The van der Waals surface area contributed by atoms with Gasteiger partial charge in [-0.2, -0.15) is 13.2 Å². The van der Waals surface area contributed by atoms with Crippen molar-refractivity contribution in [1.29, 1.82) is 0 Å². The Morgan fingerprint density at radius 3 is 2.55 bits per heavy atom. The van der Waals surface area contributed by atoms with Gasteiger partial charge < -0.3 is 9.80 Å². The lowest BCUT2D eigenvalue weighted by Crippen LogP contribution is -2.61. The van der Waals surface area contributed by atoms with Crippen molar-refractivity contribution in [3.63, 3.8) is 0 Å². The Bertz CT molecular complexity index is 1530. The molecule has 0 bridgehead atoms. The first-order valence-corrected chi connectivity index (χ1v) is 16.3. The highest BCUT2D eigenvalue weighted by Gasteiger charge is 2.42. The molecule has 2 saturated heterocycles. The Balaban J connectivity index is 1.40. The van der Waals surface area contributed by atoms with Crippen LogP contribution in [0.25, 0.3) is 0 Å². The molecule has 8 nitrogen and oxygen atoms in total. The van der Waals surface area contributed by atoms with E-state index in [9.17, 15) is 21.6 Å². The molecule has 2 aliphatic rings. The van der Waals surface area contributed by atoms with E-state index in [1.807, 2.05) is 0 Å². The molecule has 2 aliphatic heterocycles. The van der Waals surface area contributed by atoms with Crippen LogP contribution in [0.3, 0.4) is 0 Å². The monoisotopic (exact) mass is 634 g/mol. The van der Waals surface area contributed by atoms with Crippen LogP contribution in [0.5, 0.6) is 0 Å². The van der Waals surface area contributed by atoms with Crippen molar-refractivity contribution in [2.45, 2.75) is 61.2 Å². The fourth-order valence-corrected chi connectivity index (χ4v) is 7.57. The number of likely N-dealkylation sites (tertiary alicyclic amines) is 1. The van der Waals surface area contributed by atoms with E-state index in [0.29, 0.717) is 43.2 Å². The number of nitrogens with one attached hydrogen (secondary N) is 1. The molecular formula is C31H38F4N6O2S. The van der Waals surface area contributed by atoms with E-state index >= 15 is 4.39 Å². The zero-order chi connectivity index (χ0) is 31.5. The molecule has 2 aromatic carbocycles. The van der Waals surface area contributed by atoms with Crippen LogP contribution >= 0.6 is 0 Å². The molecule has 3 aromatic rings. The molecule has 44 heavy (non-hydrogen) atoms. The van der Waals surface area contributed by atoms with Gasteiger partial charge in [-0.1, -0.05) is 18.2 Å². The summed E-state index contributed by atoms with van der Waals surface area (Å²) in [4.78, 5) is 13.9. The highest BCUT2D eigenvalue weighted by atomic mass is 32.2. The number of nitrogens with zero attached hydrogens (tertiary/aromatic N) is 5. The Kier molecular flexibility index (Phi) is 9.47. The summed E-state index contributed by atoms with van der Waals surface area (Å²) in [6.07, 6.45) is 2.88. The van der Waals surface area contributed by atoms with Crippen LogP contribution in [0.4, 0.5) is 29.1 Å². The van der Waals surface area contributed by atoms with Gasteiger partial charge in [-0.15, -0.1) is 0 Å². The van der Waals surface area contributed by atoms with Crippen LogP contribution in [0, 0.1) is 5.82 Å². The molecule has 3 heterocycles. The van der Waals surface area contributed by atoms with E-state index in [2.05, 4.69) is 43.5 Å². The first-order chi connectivity index (χ1) is 20.9. The topological polar surface area (TPSA) is 81.7 Å². The SMILES string of the molecule is CN1CCC(N(C)[C@]2(CCc3cccc(C(F)(F)F)c3)CCCN(c3ccc(S(=O)(=O)Nc4ccncn4)c(F)c3)C2)CC1. The quantitative estimate of drug-likeness (QED) is 0.315. The van der Waals surface area contributed by atoms with Crippen molar-refractivity contribution in [3.05, 3.63) is 78.0 Å². The summed E-state index contributed by atoms with van der Waals surface area (Å²) in [5, 5.41) is 0. The molecule has 0 unspecified atom stereocenters. The number of aromatic nitrogens is 2. The van der Waals surface area contributed by atoms with Crippen LogP contribution in [-0.4, -0.2) is 80.0 Å². The number of anilines is 2. The van der Waals surface area contributed by atoms with E-state index in [0.717, 1.165) is 44.8 Å². The molecule has 0 saturated carbocycles. The lowest BCUT2D eigenvalue weighted by atomic mass is 9.80. The summed E-state index contributed by atoms with van der Waals surface area (Å²) in [5.41, 5.74) is 0.161. The first kappa shape index (κ1) is 32.1. The number of halogens is 4. The molecule has 1 N–H and O–H groups in total. The van der Waals surface area contributed by atoms with Crippen molar-refractivity contribution in [1.82, 2.24) is 19.8 Å². The molecule has 0 amide bonds. The molecule has 0 radical (unpaired) electrons. The number of rotatable bonds is 9. The maximum absolute atomic E-state index is 15.4. The minimum atomic E-state index is -4.41. The summed E-state index contributed by atoms with van der Waals surface area (Å²) in [6.45, 7) is 3.12. The van der Waals surface area contributed by atoms with Gasteiger partial charge in [0.2, 0.25) is 0 Å². The summed E-state index contributed by atoms with van der Waals surface area (Å²) in [6, 6.07) is 11.3.